The number of hydrogen-bond acceptors (Lipinski definition) is 3. The number of rotatable bonds is 2. The number of esters is 1. The second-order valence-electron chi connectivity index (χ2n) is 5.32. The van der Waals surface area contributed by atoms with Crippen LogP contribution in [0.3, 0.4) is 0 Å². The number of para-hydroxylation sites is 1. The molecule has 19 heavy (non-hydrogen) atoms. The van der Waals surface area contributed by atoms with Gasteiger partial charge in [-0.1, -0.05) is 23.7 Å². The average molecular weight is 280 g/mol. The van der Waals surface area contributed by atoms with E-state index in [4.69, 9.17) is 16.3 Å². The third kappa shape index (κ3) is 2.20. The van der Waals surface area contributed by atoms with Gasteiger partial charge in [-0.2, -0.15) is 0 Å². The zero-order chi connectivity index (χ0) is 13.4. The summed E-state index contributed by atoms with van der Waals surface area (Å²) in [5, 5.41) is 4.29. The van der Waals surface area contributed by atoms with E-state index < -0.39 is 0 Å². The van der Waals surface area contributed by atoms with Crippen molar-refractivity contribution >= 4 is 23.3 Å². The molecule has 1 aliphatic carbocycles. The number of carbonyl (C=O) groups excluding carboxylic acids is 1. The van der Waals surface area contributed by atoms with Crippen LogP contribution in [0, 0.1) is 5.92 Å². The lowest BCUT2D eigenvalue weighted by Crippen LogP contribution is -2.32. The van der Waals surface area contributed by atoms with E-state index in [1.807, 2.05) is 19.1 Å². The number of nitrogens with one attached hydrogen (secondary N) is 1. The third-order valence-electron chi connectivity index (χ3n) is 4.25. The molecule has 1 fully saturated rings. The standard InChI is InChI=1S/C15H18ClNO2/c1-2-19-15(18)9-6-7-13-11(8-9)10-4-3-5-12(16)14(10)17-13/h3-5,9,11,13,17H,2,6-8H2,1H3/t9-,11+,13+/m1/s1. The molecule has 2 aliphatic rings. The summed E-state index contributed by atoms with van der Waals surface area (Å²) < 4.78 is 5.16. The minimum atomic E-state index is -0.0450. The van der Waals surface area contributed by atoms with E-state index in [0.717, 1.165) is 30.0 Å². The first-order valence-electron chi connectivity index (χ1n) is 6.92. The Bertz CT molecular complexity index is 503. The predicted molar refractivity (Wildman–Crippen MR) is 75.6 cm³/mol. The van der Waals surface area contributed by atoms with Crippen molar-refractivity contribution in [2.45, 2.75) is 38.1 Å². The Morgan fingerprint density at radius 1 is 1.47 bits per heavy atom. The summed E-state index contributed by atoms with van der Waals surface area (Å²) in [5.74, 6) is 0.376. The van der Waals surface area contributed by atoms with Gasteiger partial charge in [0.15, 0.2) is 0 Å². The molecule has 0 unspecified atom stereocenters. The molecule has 0 amide bonds. The smallest absolute Gasteiger partial charge is 0.308 e. The van der Waals surface area contributed by atoms with E-state index in [9.17, 15) is 4.79 Å². The molecular formula is C15H18ClNO2. The molecule has 0 aromatic heterocycles. The van der Waals surface area contributed by atoms with Gasteiger partial charge >= 0.3 is 5.97 Å². The monoisotopic (exact) mass is 279 g/mol. The van der Waals surface area contributed by atoms with Crippen LogP contribution in [0.4, 0.5) is 5.69 Å². The van der Waals surface area contributed by atoms with Crippen LogP contribution >= 0.6 is 11.6 Å². The Kier molecular flexibility index (Phi) is 3.40. The SMILES string of the molecule is CCOC(=O)[C@@H]1CC[C@@H]2Nc3c(Cl)cccc3[C@@H]2C1. The number of halogens is 1. The van der Waals surface area contributed by atoms with Crippen molar-refractivity contribution in [2.24, 2.45) is 5.92 Å². The molecule has 1 N–H and O–H groups in total. The molecule has 3 rings (SSSR count). The molecule has 1 saturated carbocycles. The highest BCUT2D eigenvalue weighted by molar-refractivity contribution is 6.33. The van der Waals surface area contributed by atoms with Crippen LogP contribution in [0.25, 0.3) is 0 Å². The van der Waals surface area contributed by atoms with Crippen LogP contribution in [0.1, 0.15) is 37.7 Å². The lowest BCUT2D eigenvalue weighted by Gasteiger charge is -2.30. The Balaban J connectivity index is 1.81. The zero-order valence-corrected chi connectivity index (χ0v) is 11.7. The third-order valence-corrected chi connectivity index (χ3v) is 4.56. The molecule has 4 heteroatoms. The largest absolute Gasteiger partial charge is 0.466 e. The minimum absolute atomic E-state index is 0.0351. The highest BCUT2D eigenvalue weighted by Gasteiger charge is 2.40. The Labute approximate surface area is 118 Å². The molecule has 3 nitrogen and oxygen atoms in total. The fourth-order valence-electron chi connectivity index (χ4n) is 3.35. The molecule has 0 spiro atoms. The van der Waals surface area contributed by atoms with Gasteiger partial charge in [-0.15, -0.1) is 0 Å². The van der Waals surface area contributed by atoms with Crippen molar-refractivity contribution in [3.05, 3.63) is 28.8 Å². The van der Waals surface area contributed by atoms with Crippen molar-refractivity contribution in [1.82, 2.24) is 0 Å². The molecule has 102 valence electrons. The summed E-state index contributed by atoms with van der Waals surface area (Å²) in [6.45, 7) is 2.32. The molecule has 1 heterocycles. The first-order valence-corrected chi connectivity index (χ1v) is 7.30. The first kappa shape index (κ1) is 12.8. The summed E-state index contributed by atoms with van der Waals surface area (Å²) in [6, 6.07) is 6.43. The number of carbonyl (C=O) groups is 1. The van der Waals surface area contributed by atoms with E-state index >= 15 is 0 Å². The topological polar surface area (TPSA) is 38.3 Å². The number of benzene rings is 1. The first-order chi connectivity index (χ1) is 9.20. The molecule has 0 saturated heterocycles. The van der Waals surface area contributed by atoms with Gasteiger partial charge in [0.2, 0.25) is 0 Å². The van der Waals surface area contributed by atoms with Crippen molar-refractivity contribution < 1.29 is 9.53 Å². The van der Waals surface area contributed by atoms with Gasteiger partial charge in [0.05, 0.1) is 23.2 Å². The van der Waals surface area contributed by atoms with E-state index in [1.54, 1.807) is 0 Å². The van der Waals surface area contributed by atoms with Gasteiger partial charge in [-0.3, -0.25) is 4.79 Å². The van der Waals surface area contributed by atoms with Crippen molar-refractivity contribution in [1.29, 1.82) is 0 Å². The summed E-state index contributed by atoms with van der Waals surface area (Å²) in [6.07, 6.45) is 2.77. The predicted octanol–water partition coefficient (Wildman–Crippen LogP) is 3.58. The molecule has 0 radical (unpaired) electrons. The summed E-state index contributed by atoms with van der Waals surface area (Å²) in [4.78, 5) is 11.9. The van der Waals surface area contributed by atoms with Gasteiger partial charge in [0, 0.05) is 12.0 Å². The van der Waals surface area contributed by atoms with Gasteiger partial charge in [-0.05, 0) is 37.8 Å². The molecule has 0 bridgehead atoms. The van der Waals surface area contributed by atoms with Crippen LogP contribution in [0.2, 0.25) is 5.02 Å². The Hall–Kier alpha value is -1.22. The maximum atomic E-state index is 11.9. The number of fused-ring (bicyclic) bond motifs is 3. The Morgan fingerprint density at radius 3 is 3.11 bits per heavy atom. The quantitative estimate of drug-likeness (QED) is 0.841. The normalized spacial score (nSPS) is 28.2. The van der Waals surface area contributed by atoms with Crippen molar-refractivity contribution in [2.75, 3.05) is 11.9 Å². The van der Waals surface area contributed by atoms with Gasteiger partial charge in [0.25, 0.3) is 0 Å². The molecule has 1 aliphatic heterocycles. The van der Waals surface area contributed by atoms with E-state index in [2.05, 4.69) is 11.4 Å². The van der Waals surface area contributed by atoms with Crippen LogP contribution in [0.15, 0.2) is 18.2 Å². The zero-order valence-electron chi connectivity index (χ0n) is 11.0. The van der Waals surface area contributed by atoms with Gasteiger partial charge < -0.3 is 10.1 Å². The van der Waals surface area contributed by atoms with Crippen LogP contribution in [-0.2, 0) is 9.53 Å². The fraction of sp³-hybridized carbons (Fsp3) is 0.533. The fourth-order valence-corrected chi connectivity index (χ4v) is 3.59. The van der Waals surface area contributed by atoms with Crippen LogP contribution < -0.4 is 5.32 Å². The Morgan fingerprint density at radius 2 is 2.32 bits per heavy atom. The maximum Gasteiger partial charge on any atom is 0.308 e. The van der Waals surface area contributed by atoms with E-state index in [0.29, 0.717) is 18.6 Å². The average Bonchev–Trinajstić information content (AvgIpc) is 2.78. The van der Waals surface area contributed by atoms with Gasteiger partial charge in [-0.25, -0.2) is 0 Å². The van der Waals surface area contributed by atoms with Gasteiger partial charge in [0.1, 0.15) is 0 Å². The summed E-state index contributed by atoms with van der Waals surface area (Å²) in [7, 11) is 0. The van der Waals surface area contributed by atoms with E-state index in [-0.39, 0.29) is 11.9 Å². The minimum Gasteiger partial charge on any atom is -0.466 e. The second-order valence-corrected chi connectivity index (χ2v) is 5.73. The highest BCUT2D eigenvalue weighted by atomic mass is 35.5. The lowest BCUT2D eigenvalue weighted by atomic mass is 9.77. The molecule has 3 atom stereocenters. The lowest BCUT2D eigenvalue weighted by molar-refractivity contribution is -0.149. The number of hydrogen-bond donors (Lipinski definition) is 1. The van der Waals surface area contributed by atoms with Crippen molar-refractivity contribution in [3.8, 4) is 0 Å². The van der Waals surface area contributed by atoms with Crippen molar-refractivity contribution in [3.63, 3.8) is 0 Å². The molecule has 1 aromatic carbocycles. The number of anilines is 1. The summed E-state index contributed by atoms with van der Waals surface area (Å²) in [5.41, 5.74) is 2.31. The number of ether oxygens (including phenoxy) is 1. The second kappa shape index (κ2) is 5.04. The van der Waals surface area contributed by atoms with Crippen LogP contribution in [-0.4, -0.2) is 18.6 Å². The van der Waals surface area contributed by atoms with E-state index in [1.165, 1.54) is 5.56 Å². The summed E-state index contributed by atoms with van der Waals surface area (Å²) >= 11 is 6.23. The highest BCUT2D eigenvalue weighted by Crippen LogP contribution is 2.48. The van der Waals surface area contributed by atoms with Crippen LogP contribution in [0.5, 0.6) is 0 Å². The molecule has 1 aromatic rings. The molecular weight excluding hydrogens is 262 g/mol. The maximum absolute atomic E-state index is 11.9.